The molecule has 0 spiro atoms. The summed E-state index contributed by atoms with van der Waals surface area (Å²) in [5.74, 6) is -1.60. The molecule has 3 rings (SSSR count). The summed E-state index contributed by atoms with van der Waals surface area (Å²) in [5.41, 5.74) is 0.641. The van der Waals surface area contributed by atoms with Gasteiger partial charge in [0, 0.05) is 10.3 Å². The number of nitrogens with zero attached hydrogens (tertiary/aromatic N) is 1. The van der Waals surface area contributed by atoms with E-state index in [0.717, 1.165) is 9.75 Å². The van der Waals surface area contributed by atoms with Crippen molar-refractivity contribution in [3.8, 4) is 10.6 Å². The normalized spacial score (nSPS) is 10.9. The van der Waals surface area contributed by atoms with E-state index in [1.165, 1.54) is 29.5 Å². The van der Waals surface area contributed by atoms with Crippen molar-refractivity contribution in [1.29, 1.82) is 0 Å². The molecule has 0 aliphatic rings. The number of thiophene rings is 1. The molecule has 1 N–H and O–H groups in total. The lowest BCUT2D eigenvalue weighted by Crippen LogP contribution is -2.01. The predicted molar refractivity (Wildman–Crippen MR) is 76.7 cm³/mol. The molecule has 3 aromatic rings. The number of aromatic nitrogens is 1. The van der Waals surface area contributed by atoms with Gasteiger partial charge in [0.15, 0.2) is 0 Å². The Bertz CT molecular complexity index is 826. The molecular weight excluding hydrogens is 277 g/mol. The van der Waals surface area contributed by atoms with Crippen LogP contribution >= 0.6 is 11.3 Å². The van der Waals surface area contributed by atoms with Crippen molar-refractivity contribution in [3.63, 3.8) is 0 Å². The Morgan fingerprint density at radius 2 is 2.10 bits per heavy atom. The third-order valence-corrected chi connectivity index (χ3v) is 4.04. The highest BCUT2D eigenvalue weighted by molar-refractivity contribution is 7.15. The number of carboxylic acids is 1. The van der Waals surface area contributed by atoms with Crippen LogP contribution in [0.5, 0.6) is 0 Å². The molecule has 0 saturated carbocycles. The lowest BCUT2D eigenvalue weighted by molar-refractivity contribution is 0.0699. The number of rotatable bonds is 2. The van der Waals surface area contributed by atoms with E-state index in [2.05, 4.69) is 4.98 Å². The number of aryl methyl sites for hydroxylation is 1. The number of fused-ring (bicyclic) bond motifs is 1. The Morgan fingerprint density at radius 3 is 2.75 bits per heavy atom. The lowest BCUT2D eigenvalue weighted by atomic mass is 10.1. The van der Waals surface area contributed by atoms with Crippen molar-refractivity contribution in [2.75, 3.05) is 0 Å². The van der Waals surface area contributed by atoms with E-state index in [0.29, 0.717) is 11.1 Å². The molecule has 0 bridgehead atoms. The summed E-state index contributed by atoms with van der Waals surface area (Å²) in [7, 11) is 0. The van der Waals surface area contributed by atoms with Crippen molar-refractivity contribution in [2.24, 2.45) is 0 Å². The van der Waals surface area contributed by atoms with Crippen LogP contribution in [-0.2, 0) is 0 Å². The van der Waals surface area contributed by atoms with Crippen LogP contribution in [0.15, 0.2) is 36.4 Å². The van der Waals surface area contributed by atoms with Gasteiger partial charge in [-0.1, -0.05) is 12.1 Å². The Labute approximate surface area is 118 Å². The molecule has 0 fully saturated rings. The number of para-hydroxylation sites is 1. The van der Waals surface area contributed by atoms with Crippen molar-refractivity contribution < 1.29 is 14.3 Å². The highest BCUT2D eigenvalue weighted by Crippen LogP contribution is 2.30. The van der Waals surface area contributed by atoms with E-state index in [4.69, 9.17) is 0 Å². The molecule has 2 aromatic heterocycles. The molecule has 100 valence electrons. The molecule has 0 amide bonds. The Hall–Kier alpha value is -2.27. The van der Waals surface area contributed by atoms with E-state index < -0.39 is 11.8 Å². The van der Waals surface area contributed by atoms with Gasteiger partial charge in [0.05, 0.1) is 16.1 Å². The fourth-order valence-corrected chi connectivity index (χ4v) is 2.92. The quantitative estimate of drug-likeness (QED) is 0.771. The van der Waals surface area contributed by atoms with E-state index in [1.54, 1.807) is 6.07 Å². The smallest absolute Gasteiger partial charge is 0.336 e. The predicted octanol–water partition coefficient (Wildman–Crippen LogP) is 4.11. The van der Waals surface area contributed by atoms with Crippen LogP contribution in [0.3, 0.4) is 0 Å². The van der Waals surface area contributed by atoms with Crippen LogP contribution in [0.2, 0.25) is 0 Å². The number of carbonyl (C=O) groups is 1. The molecule has 0 atom stereocenters. The maximum Gasteiger partial charge on any atom is 0.336 e. The largest absolute Gasteiger partial charge is 0.478 e. The summed E-state index contributed by atoms with van der Waals surface area (Å²) >= 11 is 1.50. The van der Waals surface area contributed by atoms with Crippen molar-refractivity contribution >= 4 is 28.2 Å². The first-order chi connectivity index (χ1) is 9.56. The second-order valence-corrected chi connectivity index (χ2v) is 5.69. The number of hydrogen-bond donors (Lipinski definition) is 1. The van der Waals surface area contributed by atoms with Gasteiger partial charge in [-0.3, -0.25) is 0 Å². The van der Waals surface area contributed by atoms with Gasteiger partial charge >= 0.3 is 5.97 Å². The highest BCUT2D eigenvalue weighted by Gasteiger charge is 2.15. The van der Waals surface area contributed by atoms with Gasteiger partial charge in [0.25, 0.3) is 0 Å². The highest BCUT2D eigenvalue weighted by atomic mass is 32.1. The molecule has 0 aliphatic carbocycles. The van der Waals surface area contributed by atoms with Crippen LogP contribution in [0.25, 0.3) is 21.5 Å². The SMILES string of the molecule is Cc1ccc(-c2cc(C(=O)O)c3cccc(F)c3n2)s1. The van der Waals surface area contributed by atoms with Gasteiger partial charge in [-0.2, -0.15) is 0 Å². The first-order valence-electron chi connectivity index (χ1n) is 5.95. The molecule has 20 heavy (non-hydrogen) atoms. The summed E-state index contributed by atoms with van der Waals surface area (Å²) in [6.07, 6.45) is 0. The first kappa shape index (κ1) is 12.7. The number of aromatic carboxylic acids is 1. The second kappa shape index (κ2) is 4.68. The third-order valence-electron chi connectivity index (χ3n) is 3.01. The molecule has 3 nitrogen and oxygen atoms in total. The van der Waals surface area contributed by atoms with Gasteiger partial charge in [-0.05, 0) is 31.2 Å². The van der Waals surface area contributed by atoms with Gasteiger partial charge < -0.3 is 5.11 Å². The van der Waals surface area contributed by atoms with E-state index in [-0.39, 0.29) is 11.1 Å². The van der Waals surface area contributed by atoms with Gasteiger partial charge in [-0.25, -0.2) is 14.2 Å². The van der Waals surface area contributed by atoms with E-state index in [1.807, 2.05) is 19.1 Å². The number of carboxylic acid groups (broad SMARTS) is 1. The Kier molecular flexibility index (Phi) is 2.99. The molecular formula is C15H10FNO2S. The van der Waals surface area contributed by atoms with Crippen molar-refractivity contribution in [1.82, 2.24) is 4.98 Å². The van der Waals surface area contributed by atoms with Crippen LogP contribution in [0, 0.1) is 12.7 Å². The maximum absolute atomic E-state index is 13.9. The minimum Gasteiger partial charge on any atom is -0.478 e. The molecule has 1 aromatic carbocycles. The monoisotopic (exact) mass is 287 g/mol. The van der Waals surface area contributed by atoms with Crippen molar-refractivity contribution in [2.45, 2.75) is 6.92 Å². The van der Waals surface area contributed by atoms with Crippen LogP contribution in [-0.4, -0.2) is 16.1 Å². The molecule has 0 radical (unpaired) electrons. The summed E-state index contributed by atoms with van der Waals surface area (Å²) in [5, 5.41) is 9.62. The summed E-state index contributed by atoms with van der Waals surface area (Å²) < 4.78 is 13.9. The zero-order chi connectivity index (χ0) is 14.3. The second-order valence-electron chi connectivity index (χ2n) is 4.41. The van der Waals surface area contributed by atoms with Crippen LogP contribution in [0.4, 0.5) is 4.39 Å². The average molecular weight is 287 g/mol. The minimum atomic E-state index is -1.09. The average Bonchev–Trinajstić information content (AvgIpc) is 2.85. The van der Waals surface area contributed by atoms with Gasteiger partial charge in [-0.15, -0.1) is 11.3 Å². The van der Waals surface area contributed by atoms with E-state index in [9.17, 15) is 14.3 Å². The topological polar surface area (TPSA) is 50.2 Å². The van der Waals surface area contributed by atoms with Crippen molar-refractivity contribution in [3.05, 3.63) is 52.7 Å². The molecule has 2 heterocycles. The fourth-order valence-electron chi connectivity index (χ4n) is 2.09. The number of benzene rings is 1. The fraction of sp³-hybridized carbons (Fsp3) is 0.0667. The number of halogens is 1. The summed E-state index contributed by atoms with van der Waals surface area (Å²) in [4.78, 5) is 17.6. The molecule has 5 heteroatoms. The van der Waals surface area contributed by atoms with Crippen LogP contribution < -0.4 is 0 Å². The standard InChI is InChI=1S/C15H10FNO2S/c1-8-5-6-13(20-8)12-7-10(15(18)19)9-3-2-4-11(16)14(9)17-12/h2-7H,1H3,(H,18,19). The number of hydrogen-bond acceptors (Lipinski definition) is 3. The first-order valence-corrected chi connectivity index (χ1v) is 6.77. The maximum atomic E-state index is 13.9. The lowest BCUT2D eigenvalue weighted by Gasteiger charge is -2.06. The molecule has 0 saturated heterocycles. The van der Waals surface area contributed by atoms with E-state index >= 15 is 0 Å². The van der Waals surface area contributed by atoms with Gasteiger partial charge in [0.2, 0.25) is 0 Å². The minimum absolute atomic E-state index is 0.0653. The zero-order valence-electron chi connectivity index (χ0n) is 10.6. The molecule has 0 aliphatic heterocycles. The van der Waals surface area contributed by atoms with Gasteiger partial charge in [0.1, 0.15) is 11.3 Å². The molecule has 0 unspecified atom stereocenters. The Balaban J connectivity index is 2.35. The third kappa shape index (κ3) is 2.06. The summed E-state index contributed by atoms with van der Waals surface area (Å²) in [6.45, 7) is 1.95. The van der Waals surface area contributed by atoms with Crippen LogP contribution in [0.1, 0.15) is 15.2 Å². The zero-order valence-corrected chi connectivity index (χ0v) is 11.4. The summed E-state index contributed by atoms with van der Waals surface area (Å²) in [6, 6.07) is 9.62. The Morgan fingerprint density at radius 1 is 1.30 bits per heavy atom. The number of pyridine rings is 1.